The highest BCUT2D eigenvalue weighted by atomic mass is 32.1. The number of nitrogens with one attached hydrogen (secondary N) is 2. The minimum Gasteiger partial charge on any atom is -0.486 e. The predicted octanol–water partition coefficient (Wildman–Crippen LogP) is 2.80. The summed E-state index contributed by atoms with van der Waals surface area (Å²) >= 11 is 1.30. The van der Waals surface area contributed by atoms with Crippen LogP contribution in [0.1, 0.15) is 17.7 Å². The summed E-state index contributed by atoms with van der Waals surface area (Å²) in [5.41, 5.74) is 1.61. The van der Waals surface area contributed by atoms with Crippen molar-refractivity contribution >= 4 is 23.1 Å². The second-order valence-corrected chi connectivity index (χ2v) is 8.10. The number of amides is 1. The number of rotatable bonds is 8. The molecule has 166 valence electrons. The summed E-state index contributed by atoms with van der Waals surface area (Å²) in [7, 11) is 0. The molecule has 0 atom stereocenters. The number of carbonyl (C=O) groups is 1. The van der Waals surface area contributed by atoms with E-state index in [1.54, 1.807) is 16.8 Å². The Morgan fingerprint density at radius 3 is 2.74 bits per heavy atom. The van der Waals surface area contributed by atoms with Crippen LogP contribution in [0, 0.1) is 17.1 Å². The van der Waals surface area contributed by atoms with Crippen molar-refractivity contribution < 1.29 is 32.3 Å². The van der Waals surface area contributed by atoms with E-state index in [9.17, 15) is 18.0 Å². The van der Waals surface area contributed by atoms with E-state index >= 15 is 0 Å². The molecule has 1 aliphatic carbocycles. The Hall–Kier alpha value is -2.86. The van der Waals surface area contributed by atoms with Crippen molar-refractivity contribution in [2.75, 3.05) is 13.1 Å². The number of carbonyl (C=O) groups excluding carboxylic acids is 1. The Labute approximate surface area is 179 Å². The minimum atomic E-state index is -3.05. The normalized spacial score (nSPS) is 21.2. The van der Waals surface area contributed by atoms with Crippen molar-refractivity contribution in [2.24, 2.45) is 5.92 Å². The lowest BCUT2D eigenvalue weighted by Gasteiger charge is -2.40. The molecule has 1 aromatic carbocycles. The highest BCUT2D eigenvalue weighted by molar-refractivity contribution is 7.11. The van der Waals surface area contributed by atoms with Gasteiger partial charge in [0.1, 0.15) is 16.8 Å². The van der Waals surface area contributed by atoms with E-state index in [4.69, 9.17) is 15.0 Å². The molecule has 0 unspecified atom stereocenters. The smallest absolute Gasteiger partial charge is 0.387 e. The molecule has 2 fully saturated rings. The number of halogens is 3. The van der Waals surface area contributed by atoms with E-state index in [1.165, 1.54) is 11.3 Å². The summed E-state index contributed by atoms with van der Waals surface area (Å²) in [5, 5.41) is 12.3. The zero-order valence-corrected chi connectivity index (χ0v) is 16.9. The van der Waals surface area contributed by atoms with E-state index in [0.717, 1.165) is 18.2 Å². The van der Waals surface area contributed by atoms with E-state index < -0.39 is 18.5 Å². The topological polar surface area (TPSA) is 96.8 Å². The van der Waals surface area contributed by atoms with Crippen molar-refractivity contribution in [2.45, 2.75) is 31.6 Å². The molecule has 2 aromatic rings. The van der Waals surface area contributed by atoms with Gasteiger partial charge in [0.2, 0.25) is 11.8 Å². The van der Waals surface area contributed by atoms with Crippen molar-refractivity contribution in [1.82, 2.24) is 15.4 Å². The molecule has 2 heterocycles. The van der Waals surface area contributed by atoms with Crippen LogP contribution < -0.4 is 14.8 Å². The van der Waals surface area contributed by atoms with Crippen LogP contribution in [-0.4, -0.2) is 53.7 Å². The van der Waals surface area contributed by atoms with Gasteiger partial charge in [-0.2, -0.15) is 8.78 Å². The lowest BCUT2D eigenvalue weighted by molar-refractivity contribution is -0.150. The first-order valence-corrected chi connectivity index (χ1v) is 10.4. The van der Waals surface area contributed by atoms with Crippen LogP contribution in [0.2, 0.25) is 0 Å². The van der Waals surface area contributed by atoms with Gasteiger partial charge < -0.3 is 19.6 Å². The van der Waals surface area contributed by atoms with Crippen molar-refractivity contribution in [3.8, 4) is 11.5 Å². The largest absolute Gasteiger partial charge is 0.486 e. The Morgan fingerprint density at radius 1 is 1.29 bits per heavy atom. The summed E-state index contributed by atoms with van der Waals surface area (Å²) in [6, 6.07) is 2.99. The van der Waals surface area contributed by atoms with E-state index in [-0.39, 0.29) is 35.3 Å². The van der Waals surface area contributed by atoms with Gasteiger partial charge in [0.15, 0.2) is 11.5 Å². The summed E-state index contributed by atoms with van der Waals surface area (Å²) in [6.07, 6.45) is 1.94. The Morgan fingerprint density at radius 2 is 2.06 bits per heavy atom. The molecule has 1 aromatic heterocycles. The van der Waals surface area contributed by atoms with Gasteiger partial charge in [0.25, 0.3) is 0 Å². The maximum atomic E-state index is 13.4. The highest BCUT2D eigenvalue weighted by Crippen LogP contribution is 2.36. The van der Waals surface area contributed by atoms with Crippen molar-refractivity contribution in [3.05, 3.63) is 40.6 Å². The third-order valence-electron chi connectivity index (χ3n) is 4.95. The first-order valence-electron chi connectivity index (χ1n) is 9.49. The fraction of sp³-hybridized carbons (Fsp3) is 0.421. The van der Waals surface area contributed by atoms with Gasteiger partial charge in [0.05, 0.1) is 30.8 Å². The van der Waals surface area contributed by atoms with Gasteiger partial charge in [-0.05, 0) is 25.0 Å². The van der Waals surface area contributed by atoms with Crippen LogP contribution in [0.3, 0.4) is 0 Å². The third kappa shape index (κ3) is 5.25. The van der Waals surface area contributed by atoms with Gasteiger partial charge >= 0.3 is 6.61 Å². The molecule has 0 bridgehead atoms. The summed E-state index contributed by atoms with van der Waals surface area (Å²) in [6.45, 7) is -2.14. The van der Waals surface area contributed by atoms with E-state index in [1.807, 2.05) is 0 Å². The number of nitrogens with zero attached hydrogens (tertiary/aromatic N) is 2. The van der Waals surface area contributed by atoms with Crippen LogP contribution in [-0.2, 0) is 9.63 Å². The van der Waals surface area contributed by atoms with E-state index in [0.29, 0.717) is 30.8 Å². The van der Waals surface area contributed by atoms with Gasteiger partial charge in [-0.1, -0.05) is 0 Å². The molecule has 0 radical (unpaired) electrons. The van der Waals surface area contributed by atoms with Crippen LogP contribution in [0.5, 0.6) is 11.5 Å². The fourth-order valence-corrected chi connectivity index (χ4v) is 3.75. The Bertz CT molecular complexity index is 934. The van der Waals surface area contributed by atoms with Gasteiger partial charge in [0, 0.05) is 12.0 Å². The van der Waals surface area contributed by atoms with Crippen LogP contribution in [0.15, 0.2) is 29.9 Å². The molecular formula is C19H19F3N4O4S. The molecule has 1 aliphatic heterocycles. The number of hydrogen-bond acceptors (Lipinski definition) is 8. The quantitative estimate of drug-likeness (QED) is 0.469. The zero-order valence-electron chi connectivity index (χ0n) is 16.1. The average Bonchev–Trinajstić information content (AvgIpc) is 3.18. The van der Waals surface area contributed by atoms with Crippen molar-refractivity contribution in [3.63, 3.8) is 0 Å². The SMILES string of the molecule is N=C(ON1CC(NC(=O)C2CC(Oc3cc(F)ccc3OC(F)F)C2)C1)c1cncs1. The molecule has 2 aliphatic rings. The Balaban J connectivity index is 1.18. The summed E-state index contributed by atoms with van der Waals surface area (Å²) in [4.78, 5) is 22.3. The maximum absolute atomic E-state index is 13.4. The van der Waals surface area contributed by atoms with Crippen LogP contribution >= 0.6 is 11.3 Å². The molecular weight excluding hydrogens is 437 g/mol. The molecule has 0 spiro atoms. The lowest BCUT2D eigenvalue weighted by Crippen LogP contribution is -2.61. The number of ether oxygens (including phenoxy) is 2. The standard InChI is InChI=1S/C19H19F3N4O4S/c20-11-1-2-14(29-19(21)22)15(5-11)28-13-3-10(4-13)18(27)25-12-7-26(8-12)30-17(23)16-6-24-9-31-16/h1-2,5-6,9-10,12-13,19,23H,3-4,7-8H2,(H,25,27). The number of hydrogen-bond donors (Lipinski definition) is 2. The second-order valence-electron chi connectivity index (χ2n) is 7.22. The predicted molar refractivity (Wildman–Crippen MR) is 104 cm³/mol. The number of aromatic nitrogens is 1. The Kier molecular flexibility index (Phi) is 6.28. The molecule has 12 heteroatoms. The van der Waals surface area contributed by atoms with Crippen molar-refractivity contribution in [1.29, 1.82) is 5.41 Å². The maximum Gasteiger partial charge on any atom is 0.387 e. The van der Waals surface area contributed by atoms with Gasteiger partial charge in [-0.15, -0.1) is 16.4 Å². The zero-order chi connectivity index (χ0) is 22.0. The number of benzene rings is 1. The second kappa shape index (κ2) is 9.10. The molecule has 8 nitrogen and oxygen atoms in total. The van der Waals surface area contributed by atoms with E-state index in [2.05, 4.69) is 15.0 Å². The molecule has 31 heavy (non-hydrogen) atoms. The van der Waals surface area contributed by atoms with Gasteiger partial charge in [-0.3, -0.25) is 15.2 Å². The monoisotopic (exact) mass is 456 g/mol. The average molecular weight is 456 g/mol. The first kappa shape index (κ1) is 21.4. The number of thiazole rings is 1. The lowest BCUT2D eigenvalue weighted by atomic mass is 9.81. The number of alkyl halides is 2. The fourth-order valence-electron chi connectivity index (χ4n) is 3.25. The summed E-state index contributed by atoms with van der Waals surface area (Å²) < 4.78 is 48.3. The molecule has 1 saturated heterocycles. The highest BCUT2D eigenvalue weighted by Gasteiger charge is 2.39. The molecule has 2 N–H and O–H groups in total. The first-order chi connectivity index (χ1) is 14.9. The third-order valence-corrected chi connectivity index (χ3v) is 5.72. The molecule has 1 saturated carbocycles. The minimum absolute atomic E-state index is 0.0128. The van der Waals surface area contributed by atoms with Gasteiger partial charge in [-0.25, -0.2) is 4.39 Å². The molecule has 4 rings (SSSR count). The van der Waals surface area contributed by atoms with Crippen LogP contribution in [0.4, 0.5) is 13.2 Å². The number of hydroxylamine groups is 2. The molecule has 1 amide bonds. The summed E-state index contributed by atoms with van der Waals surface area (Å²) in [5.74, 6) is -1.39. The van der Waals surface area contributed by atoms with Crippen LogP contribution in [0.25, 0.3) is 0 Å².